The summed E-state index contributed by atoms with van der Waals surface area (Å²) in [5.41, 5.74) is 2.19. The standard InChI is InChI=1S/C42H66O7/c1-5-31-43-39(44-32-6-2)27-19-9-11-21-29-41(47-35-37-23-15-13-16-24-37)49-42(48-36-38-25-17-14-18-26-38)30-22-12-10-20-28-40(45-33-7-3)46-34-8-4/h13-18,21-26,29-30,39-42H,5-12,19-20,27-28,31-36H2,1-4H3. The van der Waals surface area contributed by atoms with Crippen LogP contribution < -0.4 is 0 Å². The first kappa shape index (κ1) is 42.8. The maximum atomic E-state index is 6.46. The molecule has 49 heavy (non-hydrogen) atoms. The van der Waals surface area contributed by atoms with Crippen LogP contribution in [0.4, 0.5) is 0 Å². The van der Waals surface area contributed by atoms with Gasteiger partial charge in [-0.05, 0) is 100 Å². The Labute approximate surface area is 298 Å². The molecule has 2 aromatic rings. The molecule has 2 aromatic carbocycles. The van der Waals surface area contributed by atoms with E-state index in [1.165, 1.54) is 0 Å². The van der Waals surface area contributed by atoms with Crippen molar-refractivity contribution in [1.29, 1.82) is 0 Å². The third kappa shape index (κ3) is 22.9. The smallest absolute Gasteiger partial charge is 0.180 e. The van der Waals surface area contributed by atoms with E-state index in [9.17, 15) is 0 Å². The fourth-order valence-corrected chi connectivity index (χ4v) is 4.91. The van der Waals surface area contributed by atoms with E-state index in [1.54, 1.807) is 0 Å². The van der Waals surface area contributed by atoms with Gasteiger partial charge in [-0.3, -0.25) is 0 Å². The first-order valence-corrected chi connectivity index (χ1v) is 18.9. The van der Waals surface area contributed by atoms with Gasteiger partial charge in [0.05, 0.1) is 13.2 Å². The average Bonchev–Trinajstić information content (AvgIpc) is 3.14. The van der Waals surface area contributed by atoms with E-state index < -0.39 is 12.6 Å². The number of hydrogen-bond acceptors (Lipinski definition) is 7. The molecule has 7 nitrogen and oxygen atoms in total. The molecule has 0 amide bonds. The molecule has 0 spiro atoms. The Kier molecular flexibility index (Phi) is 26.6. The highest BCUT2D eigenvalue weighted by molar-refractivity contribution is 5.14. The van der Waals surface area contributed by atoms with Gasteiger partial charge in [-0.2, -0.15) is 0 Å². The number of rotatable bonds is 32. The number of benzene rings is 2. The number of unbranched alkanes of at least 4 members (excludes halogenated alkanes) is 4. The second-order valence-electron chi connectivity index (χ2n) is 12.2. The van der Waals surface area contributed by atoms with E-state index in [0.29, 0.717) is 13.2 Å². The van der Waals surface area contributed by atoms with Crippen LogP contribution in [0.1, 0.15) is 116 Å². The van der Waals surface area contributed by atoms with E-state index in [4.69, 9.17) is 33.2 Å². The third-order valence-electron chi connectivity index (χ3n) is 7.52. The highest BCUT2D eigenvalue weighted by Crippen LogP contribution is 2.16. The molecule has 0 aliphatic rings. The van der Waals surface area contributed by atoms with Crippen molar-refractivity contribution in [2.75, 3.05) is 26.4 Å². The predicted molar refractivity (Wildman–Crippen MR) is 199 cm³/mol. The average molecular weight is 683 g/mol. The van der Waals surface area contributed by atoms with Gasteiger partial charge >= 0.3 is 0 Å². The summed E-state index contributed by atoms with van der Waals surface area (Å²) in [6, 6.07) is 20.4. The van der Waals surface area contributed by atoms with Crippen LogP contribution in [0.25, 0.3) is 0 Å². The Balaban J connectivity index is 1.99. The summed E-state index contributed by atoms with van der Waals surface area (Å²) in [6.45, 7) is 12.3. The molecule has 2 unspecified atom stereocenters. The molecule has 7 heteroatoms. The molecule has 0 saturated heterocycles. The van der Waals surface area contributed by atoms with Crippen molar-refractivity contribution < 1.29 is 33.2 Å². The van der Waals surface area contributed by atoms with Crippen LogP contribution in [-0.2, 0) is 46.4 Å². The normalized spacial score (nSPS) is 13.3. The fourth-order valence-electron chi connectivity index (χ4n) is 4.91. The van der Waals surface area contributed by atoms with Crippen LogP contribution in [0, 0.1) is 0 Å². The summed E-state index contributed by atoms with van der Waals surface area (Å²) in [4.78, 5) is 0. The largest absolute Gasteiger partial charge is 0.353 e. The van der Waals surface area contributed by atoms with Crippen molar-refractivity contribution in [2.45, 2.75) is 143 Å². The van der Waals surface area contributed by atoms with Crippen molar-refractivity contribution in [2.24, 2.45) is 0 Å². The van der Waals surface area contributed by atoms with Gasteiger partial charge in [0.1, 0.15) is 0 Å². The minimum Gasteiger partial charge on any atom is -0.353 e. The Morgan fingerprint density at radius 1 is 0.469 bits per heavy atom. The first-order valence-electron chi connectivity index (χ1n) is 18.9. The van der Waals surface area contributed by atoms with Gasteiger partial charge in [0.2, 0.25) is 0 Å². The zero-order valence-corrected chi connectivity index (χ0v) is 31.0. The number of allylic oxidation sites excluding steroid dienone is 2. The highest BCUT2D eigenvalue weighted by Gasteiger charge is 2.15. The van der Waals surface area contributed by atoms with Gasteiger partial charge in [-0.1, -0.05) is 101 Å². The summed E-state index contributed by atoms with van der Waals surface area (Å²) in [7, 11) is 0. The Bertz CT molecular complexity index is 946. The lowest BCUT2D eigenvalue weighted by Crippen LogP contribution is -2.24. The molecule has 0 aliphatic carbocycles. The summed E-state index contributed by atoms with van der Waals surface area (Å²) in [6.07, 6.45) is 18.7. The van der Waals surface area contributed by atoms with Crippen LogP contribution in [0.2, 0.25) is 0 Å². The van der Waals surface area contributed by atoms with Crippen molar-refractivity contribution in [3.63, 3.8) is 0 Å². The zero-order valence-electron chi connectivity index (χ0n) is 31.0. The quantitative estimate of drug-likeness (QED) is 0.0432. The first-order chi connectivity index (χ1) is 24.2. The molecule has 0 aromatic heterocycles. The van der Waals surface area contributed by atoms with Crippen molar-refractivity contribution in [3.8, 4) is 0 Å². The van der Waals surface area contributed by atoms with Gasteiger partial charge in [0, 0.05) is 26.4 Å². The maximum Gasteiger partial charge on any atom is 0.180 e. The van der Waals surface area contributed by atoms with Gasteiger partial charge in [-0.25, -0.2) is 0 Å². The second kappa shape index (κ2) is 30.5. The zero-order chi connectivity index (χ0) is 35.0. The van der Waals surface area contributed by atoms with E-state index in [1.807, 2.05) is 48.6 Å². The minimum absolute atomic E-state index is 0.117. The molecule has 276 valence electrons. The lowest BCUT2D eigenvalue weighted by molar-refractivity contribution is -0.215. The fraction of sp³-hybridized carbons (Fsp3) is 0.619. The van der Waals surface area contributed by atoms with Crippen LogP contribution in [0.15, 0.2) is 85.0 Å². The van der Waals surface area contributed by atoms with Crippen molar-refractivity contribution in [3.05, 3.63) is 96.1 Å². The monoisotopic (exact) mass is 682 g/mol. The van der Waals surface area contributed by atoms with E-state index in [-0.39, 0.29) is 12.6 Å². The molecule has 0 saturated carbocycles. The molecule has 0 bridgehead atoms. The molecule has 0 radical (unpaired) electrons. The third-order valence-corrected chi connectivity index (χ3v) is 7.52. The summed E-state index contributed by atoms with van der Waals surface area (Å²) >= 11 is 0. The topological polar surface area (TPSA) is 64.6 Å². The van der Waals surface area contributed by atoms with Gasteiger partial charge in [-0.15, -0.1) is 0 Å². The summed E-state index contributed by atoms with van der Waals surface area (Å²) < 4.78 is 42.6. The van der Waals surface area contributed by atoms with E-state index in [2.05, 4.69) is 64.1 Å². The van der Waals surface area contributed by atoms with Gasteiger partial charge in [0.25, 0.3) is 0 Å². The van der Waals surface area contributed by atoms with Crippen LogP contribution in [-0.4, -0.2) is 51.6 Å². The lowest BCUT2D eigenvalue weighted by Gasteiger charge is -2.22. The Hall–Kier alpha value is -2.36. The molecule has 2 rings (SSSR count). The summed E-state index contributed by atoms with van der Waals surface area (Å²) in [5.74, 6) is 0. The van der Waals surface area contributed by atoms with E-state index >= 15 is 0 Å². The predicted octanol–water partition coefficient (Wildman–Crippen LogP) is 10.7. The molecule has 0 N–H and O–H groups in total. The van der Waals surface area contributed by atoms with Crippen molar-refractivity contribution in [1.82, 2.24) is 0 Å². The minimum atomic E-state index is -0.564. The number of ether oxygens (including phenoxy) is 7. The highest BCUT2D eigenvalue weighted by atomic mass is 16.8. The number of hydrogen-bond donors (Lipinski definition) is 0. The molecular weight excluding hydrogens is 616 g/mol. The molecule has 2 atom stereocenters. The van der Waals surface area contributed by atoms with Crippen LogP contribution in [0.5, 0.6) is 0 Å². The molecule has 0 heterocycles. The SMILES string of the molecule is CCCOC(CCCCC=CC(OCc1ccccc1)OC(C=CCCCCC(OCCC)OCCC)OCc1ccccc1)OCCC. The Morgan fingerprint density at radius 2 is 0.837 bits per heavy atom. The van der Waals surface area contributed by atoms with Crippen LogP contribution in [0.3, 0.4) is 0 Å². The van der Waals surface area contributed by atoms with Gasteiger partial charge in [0.15, 0.2) is 25.2 Å². The van der Waals surface area contributed by atoms with Crippen LogP contribution >= 0.6 is 0 Å². The molecular formula is C42H66O7. The van der Waals surface area contributed by atoms with E-state index in [0.717, 1.165) is 115 Å². The van der Waals surface area contributed by atoms with Crippen molar-refractivity contribution >= 4 is 0 Å². The van der Waals surface area contributed by atoms with Gasteiger partial charge < -0.3 is 33.2 Å². The summed E-state index contributed by atoms with van der Waals surface area (Å²) in [5, 5.41) is 0. The molecule has 0 fully saturated rings. The Morgan fingerprint density at radius 3 is 1.18 bits per heavy atom. The molecule has 0 aliphatic heterocycles. The second-order valence-corrected chi connectivity index (χ2v) is 12.2. The lowest BCUT2D eigenvalue weighted by atomic mass is 10.2. The maximum absolute atomic E-state index is 6.46.